The second kappa shape index (κ2) is 18.9. The van der Waals surface area contributed by atoms with Gasteiger partial charge in [0.2, 0.25) is 0 Å². The van der Waals surface area contributed by atoms with Crippen molar-refractivity contribution < 1.29 is 4.42 Å². The van der Waals surface area contributed by atoms with E-state index >= 15 is 0 Å². The van der Waals surface area contributed by atoms with Gasteiger partial charge in [0.15, 0.2) is 0 Å². The molecule has 0 atom stereocenters. The number of aryl methyl sites for hydroxylation is 5. The lowest BCUT2D eigenvalue weighted by Gasteiger charge is -2.17. The highest BCUT2D eigenvalue weighted by atomic mass is 32.1. The third-order valence-electron chi connectivity index (χ3n) is 7.84. The second-order valence-electron chi connectivity index (χ2n) is 18.6. The van der Waals surface area contributed by atoms with Crippen LogP contribution in [0, 0.1) is 27.7 Å². The van der Waals surface area contributed by atoms with Crippen LogP contribution in [0.5, 0.6) is 0 Å². The summed E-state index contributed by atoms with van der Waals surface area (Å²) in [6.07, 6.45) is 9.71. The van der Waals surface area contributed by atoms with Crippen LogP contribution in [0.25, 0.3) is 0 Å². The molecule has 5 rings (SSSR count). The van der Waals surface area contributed by atoms with Crippen LogP contribution in [-0.4, -0.2) is 29.1 Å². The standard InChI is InChI=1S/C10H15N.C9H14N2.C9H14O.C8H14N2.C8H13NS/c1-8-5-6-9(7-11-8)10(2,3)4;1-7-10-5-8(6-11-7)9(2,3)4;1-7-5-6-8(10-7)9(2,3)4;1-8(2,3)7-5-9-10(4)6-7;1-6-5-7(10-9-6)8(2,3)4/h5-7H,1-4H3;5-6H,1-4H3;2*5-6H,1-4H3;5H,1-4H3. The molecular weight excluding hydrogens is 661 g/mol. The van der Waals surface area contributed by atoms with Crippen molar-refractivity contribution in [3.8, 4) is 0 Å². The first-order chi connectivity index (χ1) is 23.5. The highest BCUT2D eigenvalue weighted by molar-refractivity contribution is 7.06. The number of hydrogen-bond donors (Lipinski definition) is 0. The van der Waals surface area contributed by atoms with Gasteiger partial charge in [0, 0.05) is 47.8 Å². The molecule has 0 aliphatic carbocycles. The lowest BCUT2D eigenvalue weighted by atomic mass is 9.88. The highest BCUT2D eigenvalue weighted by Gasteiger charge is 2.18. The van der Waals surface area contributed by atoms with E-state index in [0.717, 1.165) is 28.7 Å². The zero-order valence-electron chi connectivity index (χ0n) is 36.3. The number of rotatable bonds is 0. The van der Waals surface area contributed by atoms with Crippen molar-refractivity contribution in [1.29, 1.82) is 0 Å². The van der Waals surface area contributed by atoms with Crippen molar-refractivity contribution in [3.05, 3.63) is 112 Å². The molecule has 0 saturated heterocycles. The normalized spacial score (nSPS) is 11.8. The van der Waals surface area contributed by atoms with Gasteiger partial charge in [0.05, 0.1) is 11.9 Å². The Morgan fingerprint density at radius 2 is 1.06 bits per heavy atom. The molecule has 0 aliphatic heterocycles. The SMILES string of the molecule is Cc1cc(C(C)(C)C)sn1.Cc1ccc(C(C)(C)C)cn1.Cc1ccc(C(C)(C)C)o1.Cc1ncc(C(C)(C)C)cn1.Cn1cc(C(C)(C)C)cn1. The van der Waals surface area contributed by atoms with Crippen LogP contribution in [0.2, 0.25) is 0 Å². The topological polar surface area (TPSA) is 82.5 Å². The van der Waals surface area contributed by atoms with Crippen LogP contribution < -0.4 is 0 Å². The van der Waals surface area contributed by atoms with Crippen molar-refractivity contribution in [3.63, 3.8) is 0 Å². The molecule has 8 heteroatoms. The summed E-state index contributed by atoms with van der Waals surface area (Å²) in [5.74, 6) is 2.88. The second-order valence-corrected chi connectivity index (χ2v) is 19.4. The molecule has 0 spiro atoms. The average Bonchev–Trinajstić information content (AvgIpc) is 3.75. The molecule has 7 nitrogen and oxygen atoms in total. The van der Waals surface area contributed by atoms with Crippen LogP contribution in [0.15, 0.2) is 65.7 Å². The fourth-order valence-corrected chi connectivity index (χ4v) is 4.85. The summed E-state index contributed by atoms with van der Waals surface area (Å²) < 4.78 is 11.5. The molecule has 288 valence electrons. The number of nitrogens with zero attached hydrogens (tertiary/aromatic N) is 6. The Morgan fingerprint density at radius 1 is 0.538 bits per heavy atom. The maximum Gasteiger partial charge on any atom is 0.125 e. The molecular formula is C44H70N6OS. The van der Waals surface area contributed by atoms with Crippen LogP contribution >= 0.6 is 11.5 Å². The molecule has 0 amide bonds. The summed E-state index contributed by atoms with van der Waals surface area (Å²) >= 11 is 1.61. The predicted octanol–water partition coefficient (Wildman–Crippen LogP) is 12.1. The molecule has 5 aromatic heterocycles. The number of furan rings is 1. The Bertz CT molecular complexity index is 1550. The molecule has 0 radical (unpaired) electrons. The first kappa shape index (κ1) is 46.4. The summed E-state index contributed by atoms with van der Waals surface area (Å²) in [6, 6.07) is 10.4. The first-order valence-corrected chi connectivity index (χ1v) is 19.0. The third-order valence-corrected chi connectivity index (χ3v) is 9.15. The first-order valence-electron chi connectivity index (χ1n) is 18.2. The smallest absolute Gasteiger partial charge is 0.125 e. The van der Waals surface area contributed by atoms with Crippen molar-refractivity contribution in [2.75, 3.05) is 0 Å². The van der Waals surface area contributed by atoms with E-state index in [-0.39, 0.29) is 27.1 Å². The number of hydrogen-bond acceptors (Lipinski definition) is 7. The molecule has 0 fully saturated rings. The van der Waals surface area contributed by atoms with E-state index in [1.807, 2.05) is 76.3 Å². The lowest BCUT2D eigenvalue weighted by Crippen LogP contribution is -2.12. The number of aromatic nitrogens is 6. The van der Waals surface area contributed by atoms with Gasteiger partial charge in [-0.15, -0.1) is 0 Å². The van der Waals surface area contributed by atoms with E-state index in [0.29, 0.717) is 0 Å². The van der Waals surface area contributed by atoms with Crippen LogP contribution in [0.4, 0.5) is 0 Å². The van der Waals surface area contributed by atoms with Gasteiger partial charge in [0.25, 0.3) is 0 Å². The molecule has 0 aromatic carbocycles. The van der Waals surface area contributed by atoms with Gasteiger partial charge in [-0.05, 0) is 102 Å². The van der Waals surface area contributed by atoms with Gasteiger partial charge in [-0.25, -0.2) is 9.97 Å². The molecule has 52 heavy (non-hydrogen) atoms. The van der Waals surface area contributed by atoms with Gasteiger partial charge in [-0.3, -0.25) is 9.67 Å². The Hall–Kier alpha value is -3.65. The summed E-state index contributed by atoms with van der Waals surface area (Å²) in [5.41, 5.74) is 7.01. The van der Waals surface area contributed by atoms with Gasteiger partial charge >= 0.3 is 0 Å². The summed E-state index contributed by atoms with van der Waals surface area (Å²) in [4.78, 5) is 13.9. The van der Waals surface area contributed by atoms with Crippen molar-refractivity contribution in [2.45, 2.75) is 159 Å². The third kappa shape index (κ3) is 17.7. The fraction of sp³-hybridized carbons (Fsp3) is 0.568. The van der Waals surface area contributed by atoms with E-state index in [9.17, 15) is 0 Å². The van der Waals surface area contributed by atoms with Gasteiger partial charge in [-0.2, -0.15) is 9.47 Å². The van der Waals surface area contributed by atoms with E-state index < -0.39 is 0 Å². The predicted molar refractivity (Wildman–Crippen MR) is 223 cm³/mol. The van der Waals surface area contributed by atoms with E-state index in [2.05, 4.69) is 153 Å². The maximum absolute atomic E-state index is 5.45. The largest absolute Gasteiger partial charge is 0.466 e. The quantitative estimate of drug-likeness (QED) is 0.158. The van der Waals surface area contributed by atoms with Gasteiger partial charge < -0.3 is 4.42 Å². The Balaban J connectivity index is 0.000000325. The summed E-state index contributed by atoms with van der Waals surface area (Å²) in [7, 11) is 1.94. The molecule has 5 aromatic rings. The minimum Gasteiger partial charge on any atom is -0.466 e. The van der Waals surface area contributed by atoms with E-state index in [4.69, 9.17) is 4.42 Å². The average molecular weight is 731 g/mol. The minimum atomic E-state index is 0.147. The van der Waals surface area contributed by atoms with E-state index in [1.165, 1.54) is 21.6 Å². The lowest BCUT2D eigenvalue weighted by molar-refractivity contribution is 0.395. The molecule has 0 unspecified atom stereocenters. The Labute approximate surface area is 321 Å². The van der Waals surface area contributed by atoms with Crippen molar-refractivity contribution in [2.24, 2.45) is 7.05 Å². The monoisotopic (exact) mass is 731 g/mol. The van der Waals surface area contributed by atoms with Crippen LogP contribution in [0.1, 0.15) is 154 Å². The molecule has 0 N–H and O–H groups in total. The minimum absolute atomic E-state index is 0.147. The van der Waals surface area contributed by atoms with Gasteiger partial charge in [-0.1, -0.05) is 110 Å². The molecule has 0 saturated carbocycles. The van der Waals surface area contributed by atoms with Gasteiger partial charge in [0.1, 0.15) is 17.3 Å². The summed E-state index contributed by atoms with van der Waals surface area (Å²) in [5, 5.41) is 4.10. The van der Waals surface area contributed by atoms with E-state index in [1.54, 1.807) is 11.5 Å². The zero-order chi connectivity index (χ0) is 40.3. The fourth-order valence-electron chi connectivity index (χ4n) is 4.05. The molecule has 0 bridgehead atoms. The summed E-state index contributed by atoms with van der Waals surface area (Å²) in [6.45, 7) is 40.6. The molecule has 0 aliphatic rings. The Morgan fingerprint density at radius 3 is 1.33 bits per heavy atom. The van der Waals surface area contributed by atoms with Crippen LogP contribution in [0.3, 0.4) is 0 Å². The zero-order valence-corrected chi connectivity index (χ0v) is 37.1. The van der Waals surface area contributed by atoms with Crippen molar-refractivity contribution >= 4 is 11.5 Å². The highest BCUT2D eigenvalue weighted by Crippen LogP contribution is 2.26. The number of pyridine rings is 1. The van der Waals surface area contributed by atoms with Crippen molar-refractivity contribution in [1.82, 2.24) is 29.1 Å². The molecule has 5 heterocycles. The van der Waals surface area contributed by atoms with Crippen LogP contribution in [-0.2, 0) is 34.1 Å². The Kier molecular flexibility index (Phi) is 16.9. The maximum atomic E-state index is 5.45.